The third-order valence-corrected chi connectivity index (χ3v) is 5.40. The molecule has 2 rings (SSSR count). The van der Waals surface area contributed by atoms with E-state index in [-0.39, 0.29) is 11.8 Å². The van der Waals surface area contributed by atoms with Crippen LogP contribution < -0.4 is 0 Å². The van der Waals surface area contributed by atoms with Crippen LogP contribution in [0.15, 0.2) is 40.2 Å². The van der Waals surface area contributed by atoms with Gasteiger partial charge in [-0.15, -0.1) is 11.3 Å². The molecule has 0 saturated carbocycles. The van der Waals surface area contributed by atoms with E-state index in [0.717, 1.165) is 23.0 Å². The summed E-state index contributed by atoms with van der Waals surface area (Å²) in [6, 6.07) is 9.93. The second kappa shape index (κ2) is 7.34. The Labute approximate surface area is 138 Å². The number of rotatable bonds is 6. The molecule has 0 fully saturated rings. The zero-order valence-electron chi connectivity index (χ0n) is 12.6. The fraction of sp³-hybridized carbons (Fsp3) is 0.353. The fourth-order valence-electron chi connectivity index (χ4n) is 2.17. The largest absolute Gasteiger partial charge is 0.292 e. The summed E-state index contributed by atoms with van der Waals surface area (Å²) in [6.45, 7) is 4.88. The molecule has 2 nitrogen and oxygen atoms in total. The summed E-state index contributed by atoms with van der Waals surface area (Å²) in [4.78, 5) is 15.9. The van der Waals surface area contributed by atoms with E-state index in [2.05, 4.69) is 39.2 Å². The third-order valence-electron chi connectivity index (χ3n) is 3.71. The van der Waals surface area contributed by atoms with E-state index in [9.17, 15) is 4.79 Å². The maximum absolute atomic E-state index is 12.5. The van der Waals surface area contributed by atoms with E-state index in [0.29, 0.717) is 0 Å². The van der Waals surface area contributed by atoms with Crippen molar-refractivity contribution in [3.05, 3.63) is 56.2 Å². The summed E-state index contributed by atoms with van der Waals surface area (Å²) in [5.41, 5.74) is 2.05. The molecule has 2 aromatic rings. The lowest BCUT2D eigenvalue weighted by atomic mass is 10.0. The maximum Gasteiger partial charge on any atom is 0.179 e. The van der Waals surface area contributed by atoms with Crippen molar-refractivity contribution in [3.8, 4) is 0 Å². The molecule has 112 valence electrons. The van der Waals surface area contributed by atoms with E-state index in [4.69, 9.17) is 0 Å². The number of thiophene rings is 1. The number of carbonyl (C=O) groups is 1. The smallest absolute Gasteiger partial charge is 0.179 e. The van der Waals surface area contributed by atoms with E-state index < -0.39 is 0 Å². The van der Waals surface area contributed by atoms with Crippen molar-refractivity contribution in [1.82, 2.24) is 4.90 Å². The van der Waals surface area contributed by atoms with Crippen LogP contribution in [-0.2, 0) is 13.0 Å². The Morgan fingerprint density at radius 1 is 1.33 bits per heavy atom. The van der Waals surface area contributed by atoms with Crippen LogP contribution in [-0.4, -0.2) is 23.8 Å². The molecule has 0 aliphatic rings. The Balaban J connectivity index is 2.03. The Morgan fingerprint density at radius 3 is 2.52 bits per heavy atom. The first kappa shape index (κ1) is 16.4. The first-order chi connectivity index (χ1) is 10.0. The molecule has 0 N–H and O–H groups in total. The highest BCUT2D eigenvalue weighted by Gasteiger charge is 2.20. The Kier molecular flexibility index (Phi) is 5.73. The lowest BCUT2D eigenvalue weighted by molar-refractivity contribution is 0.0863. The van der Waals surface area contributed by atoms with E-state index in [1.807, 2.05) is 38.2 Å². The molecule has 0 aliphatic heterocycles. The summed E-state index contributed by atoms with van der Waals surface area (Å²) in [5, 5.41) is 2.07. The van der Waals surface area contributed by atoms with Gasteiger partial charge in [0, 0.05) is 26.8 Å². The van der Waals surface area contributed by atoms with Crippen LogP contribution in [0.4, 0.5) is 0 Å². The molecule has 4 heteroatoms. The number of likely N-dealkylation sites (N-methyl/N-ethyl adjacent to an activating group) is 1. The number of benzene rings is 1. The minimum Gasteiger partial charge on any atom is -0.292 e. The van der Waals surface area contributed by atoms with E-state index >= 15 is 0 Å². The molecule has 0 radical (unpaired) electrons. The number of Topliss-reactive ketones (excluding diaryl/α,β-unsaturated/α-hetero) is 1. The van der Waals surface area contributed by atoms with Crippen molar-refractivity contribution in [2.45, 2.75) is 32.9 Å². The average molecular weight is 366 g/mol. The van der Waals surface area contributed by atoms with Crippen molar-refractivity contribution in [2.24, 2.45) is 0 Å². The molecule has 1 atom stereocenters. The lowest BCUT2D eigenvalue weighted by Crippen LogP contribution is -2.35. The van der Waals surface area contributed by atoms with Gasteiger partial charge < -0.3 is 0 Å². The van der Waals surface area contributed by atoms with Gasteiger partial charge in [-0.25, -0.2) is 0 Å². The van der Waals surface area contributed by atoms with Crippen molar-refractivity contribution >= 4 is 33.0 Å². The zero-order chi connectivity index (χ0) is 15.4. The van der Waals surface area contributed by atoms with Gasteiger partial charge >= 0.3 is 0 Å². The number of ketones is 1. The van der Waals surface area contributed by atoms with Gasteiger partial charge in [0.25, 0.3) is 0 Å². The molecule has 1 unspecified atom stereocenters. The van der Waals surface area contributed by atoms with Crippen LogP contribution in [0.5, 0.6) is 0 Å². The molecule has 21 heavy (non-hydrogen) atoms. The molecule has 1 heterocycles. The highest BCUT2D eigenvalue weighted by molar-refractivity contribution is 9.10. The van der Waals surface area contributed by atoms with E-state index in [1.165, 1.54) is 10.4 Å². The van der Waals surface area contributed by atoms with Crippen LogP contribution >= 0.6 is 27.3 Å². The lowest BCUT2D eigenvalue weighted by Gasteiger charge is -2.23. The number of halogens is 1. The van der Waals surface area contributed by atoms with Crippen LogP contribution in [0.2, 0.25) is 0 Å². The van der Waals surface area contributed by atoms with E-state index in [1.54, 1.807) is 11.3 Å². The normalized spacial score (nSPS) is 12.6. The quantitative estimate of drug-likeness (QED) is 0.686. The molecular weight excluding hydrogens is 346 g/mol. The SMILES string of the molecule is CCc1ccc(C(=O)C(C)N(C)Cc2cc(Br)cs2)cc1. The van der Waals surface area contributed by atoms with Gasteiger partial charge in [0.05, 0.1) is 6.04 Å². The molecule has 1 aromatic carbocycles. The van der Waals surface area contributed by atoms with Crippen molar-refractivity contribution < 1.29 is 4.79 Å². The van der Waals surface area contributed by atoms with Crippen LogP contribution in [0.1, 0.15) is 34.6 Å². The molecule has 0 saturated heterocycles. The summed E-state index contributed by atoms with van der Waals surface area (Å²) >= 11 is 5.17. The minimum atomic E-state index is -0.127. The van der Waals surface area contributed by atoms with Crippen LogP contribution in [0.25, 0.3) is 0 Å². The van der Waals surface area contributed by atoms with Crippen molar-refractivity contribution in [2.75, 3.05) is 7.05 Å². The van der Waals surface area contributed by atoms with Crippen molar-refractivity contribution in [3.63, 3.8) is 0 Å². The van der Waals surface area contributed by atoms with Gasteiger partial charge in [0.1, 0.15) is 0 Å². The predicted molar refractivity (Wildman–Crippen MR) is 93.1 cm³/mol. The Morgan fingerprint density at radius 2 is 2.00 bits per heavy atom. The predicted octanol–water partition coefficient (Wildman–Crippen LogP) is 4.78. The van der Waals surface area contributed by atoms with Gasteiger partial charge in [-0.3, -0.25) is 9.69 Å². The average Bonchev–Trinajstić information content (AvgIpc) is 2.90. The second-order valence-corrected chi connectivity index (χ2v) is 7.15. The number of carbonyl (C=O) groups excluding carboxylic acids is 1. The Hall–Kier alpha value is -0.970. The maximum atomic E-state index is 12.5. The molecule has 0 amide bonds. The summed E-state index contributed by atoms with van der Waals surface area (Å²) in [6.07, 6.45) is 0.997. The summed E-state index contributed by atoms with van der Waals surface area (Å²) < 4.78 is 1.10. The first-order valence-electron chi connectivity index (χ1n) is 7.07. The monoisotopic (exact) mass is 365 g/mol. The molecule has 0 spiro atoms. The summed E-state index contributed by atoms with van der Waals surface area (Å²) in [5.74, 6) is 0.177. The molecule has 1 aromatic heterocycles. The van der Waals surface area contributed by atoms with Crippen LogP contribution in [0, 0.1) is 0 Å². The standard InChI is InChI=1S/C17H20BrNOS/c1-4-13-5-7-14(8-6-13)17(20)12(2)19(3)10-16-9-15(18)11-21-16/h5-9,11-12H,4,10H2,1-3H3. The number of aryl methyl sites for hydroxylation is 1. The van der Waals surface area contributed by atoms with Gasteiger partial charge in [-0.05, 0) is 48.0 Å². The number of hydrogen-bond donors (Lipinski definition) is 0. The summed E-state index contributed by atoms with van der Waals surface area (Å²) in [7, 11) is 2.00. The highest BCUT2D eigenvalue weighted by atomic mass is 79.9. The third kappa shape index (κ3) is 4.25. The van der Waals surface area contributed by atoms with Gasteiger partial charge in [-0.2, -0.15) is 0 Å². The molecular formula is C17H20BrNOS. The minimum absolute atomic E-state index is 0.127. The molecule has 0 bridgehead atoms. The zero-order valence-corrected chi connectivity index (χ0v) is 15.0. The highest BCUT2D eigenvalue weighted by Crippen LogP contribution is 2.22. The second-order valence-electron chi connectivity index (χ2n) is 5.24. The Bertz CT molecular complexity index is 606. The topological polar surface area (TPSA) is 20.3 Å². The van der Waals surface area contributed by atoms with Gasteiger partial charge in [-0.1, -0.05) is 31.2 Å². The number of nitrogens with zero attached hydrogens (tertiary/aromatic N) is 1. The first-order valence-corrected chi connectivity index (χ1v) is 8.74. The van der Waals surface area contributed by atoms with Crippen molar-refractivity contribution in [1.29, 1.82) is 0 Å². The van der Waals surface area contributed by atoms with Crippen LogP contribution in [0.3, 0.4) is 0 Å². The number of hydrogen-bond acceptors (Lipinski definition) is 3. The van der Waals surface area contributed by atoms with Gasteiger partial charge in [0.2, 0.25) is 0 Å². The molecule has 0 aliphatic carbocycles. The fourth-order valence-corrected chi connectivity index (χ4v) is 3.68. The van der Waals surface area contributed by atoms with Gasteiger partial charge in [0.15, 0.2) is 5.78 Å².